The number of benzene rings is 3. The number of hydrogen-bond acceptors (Lipinski definition) is 7. The maximum atomic E-state index is 13.0. The smallest absolute Gasteiger partial charge is 0.335 e. The van der Waals surface area contributed by atoms with Gasteiger partial charge in [0.25, 0.3) is 15.9 Å². The molecule has 214 valence electrons. The molecule has 1 amide bonds. The van der Waals surface area contributed by atoms with Gasteiger partial charge in [0.05, 0.1) is 21.5 Å². The van der Waals surface area contributed by atoms with E-state index in [0.29, 0.717) is 16.8 Å². The van der Waals surface area contributed by atoms with E-state index in [1.807, 2.05) is 18.2 Å². The van der Waals surface area contributed by atoms with Gasteiger partial charge in [-0.1, -0.05) is 31.4 Å². The first-order valence-electron chi connectivity index (χ1n) is 13.5. The molecular formula is C30H27N5O5S2. The maximum Gasteiger partial charge on any atom is 0.335 e. The second-order valence-electron chi connectivity index (χ2n) is 10.1. The van der Waals surface area contributed by atoms with E-state index in [4.69, 9.17) is 4.98 Å². The minimum atomic E-state index is -3.79. The Kier molecular flexibility index (Phi) is 7.48. The van der Waals surface area contributed by atoms with Gasteiger partial charge in [0.1, 0.15) is 5.82 Å². The Morgan fingerprint density at radius 2 is 1.64 bits per heavy atom. The molecule has 2 aromatic heterocycles. The van der Waals surface area contributed by atoms with Crippen LogP contribution in [0.3, 0.4) is 0 Å². The summed E-state index contributed by atoms with van der Waals surface area (Å²) >= 11 is 1.18. The van der Waals surface area contributed by atoms with E-state index in [9.17, 15) is 23.1 Å². The number of rotatable bonds is 8. The highest BCUT2D eigenvalue weighted by Gasteiger charge is 2.23. The lowest BCUT2D eigenvalue weighted by Gasteiger charge is -2.25. The van der Waals surface area contributed by atoms with Crippen molar-refractivity contribution in [1.82, 2.24) is 14.5 Å². The zero-order valence-electron chi connectivity index (χ0n) is 22.4. The Morgan fingerprint density at radius 1 is 0.929 bits per heavy atom. The fourth-order valence-electron chi connectivity index (χ4n) is 5.28. The van der Waals surface area contributed by atoms with Crippen molar-refractivity contribution in [3.63, 3.8) is 0 Å². The average Bonchev–Trinajstić information content (AvgIpc) is 3.65. The quantitative estimate of drug-likeness (QED) is 0.186. The molecule has 0 bridgehead atoms. The third-order valence-corrected chi connectivity index (χ3v) is 9.53. The molecule has 0 atom stereocenters. The predicted octanol–water partition coefficient (Wildman–Crippen LogP) is 6.42. The number of thiazole rings is 1. The van der Waals surface area contributed by atoms with E-state index < -0.39 is 16.0 Å². The fourth-order valence-corrected chi connectivity index (χ4v) is 7.07. The van der Waals surface area contributed by atoms with E-state index in [-0.39, 0.29) is 27.5 Å². The number of carboxylic acid groups (broad SMARTS) is 1. The third-order valence-electron chi connectivity index (χ3n) is 7.36. The van der Waals surface area contributed by atoms with Gasteiger partial charge >= 0.3 is 5.97 Å². The molecule has 1 aliphatic rings. The van der Waals surface area contributed by atoms with Crippen molar-refractivity contribution in [2.24, 2.45) is 0 Å². The number of aromatic nitrogens is 3. The minimum Gasteiger partial charge on any atom is -0.478 e. The summed E-state index contributed by atoms with van der Waals surface area (Å²) in [6.07, 6.45) is 7.03. The molecule has 0 radical (unpaired) electrons. The van der Waals surface area contributed by atoms with Crippen LogP contribution in [0.2, 0.25) is 0 Å². The van der Waals surface area contributed by atoms with Gasteiger partial charge in [-0.3, -0.25) is 9.52 Å². The van der Waals surface area contributed by atoms with Crippen LogP contribution >= 0.6 is 11.3 Å². The van der Waals surface area contributed by atoms with Crippen LogP contribution in [-0.2, 0) is 10.0 Å². The number of fused-ring (bicyclic) bond motifs is 1. The van der Waals surface area contributed by atoms with Crippen LogP contribution in [0, 0.1) is 0 Å². The van der Waals surface area contributed by atoms with Crippen LogP contribution in [-0.4, -0.2) is 39.9 Å². The lowest BCUT2D eigenvalue weighted by Crippen LogP contribution is -2.14. The number of nitrogens with zero attached hydrogens (tertiary/aromatic N) is 3. The van der Waals surface area contributed by atoms with E-state index in [0.717, 1.165) is 42.6 Å². The van der Waals surface area contributed by atoms with Crippen LogP contribution in [0.15, 0.2) is 83.2 Å². The van der Waals surface area contributed by atoms with Crippen molar-refractivity contribution in [3.8, 4) is 11.4 Å². The van der Waals surface area contributed by atoms with Crippen molar-refractivity contribution in [3.05, 3.63) is 89.4 Å². The van der Waals surface area contributed by atoms with E-state index in [1.165, 1.54) is 48.2 Å². The molecule has 6 rings (SSSR count). The molecule has 3 aromatic carbocycles. The number of sulfonamides is 1. The summed E-state index contributed by atoms with van der Waals surface area (Å²) in [5.74, 6) is -0.593. The summed E-state index contributed by atoms with van der Waals surface area (Å²) in [4.78, 5) is 33.4. The number of carbonyl (C=O) groups is 2. The fraction of sp³-hybridized carbons (Fsp3) is 0.200. The number of aromatic carboxylic acids is 1. The molecule has 0 aliphatic heterocycles. The topological polar surface area (TPSA) is 143 Å². The van der Waals surface area contributed by atoms with Gasteiger partial charge in [-0.05, 0) is 67.4 Å². The van der Waals surface area contributed by atoms with Crippen LogP contribution < -0.4 is 10.0 Å². The van der Waals surface area contributed by atoms with Gasteiger partial charge in [0.2, 0.25) is 0 Å². The third kappa shape index (κ3) is 5.63. The minimum absolute atomic E-state index is 0.0522. The molecule has 1 fully saturated rings. The zero-order valence-corrected chi connectivity index (χ0v) is 24.0. The van der Waals surface area contributed by atoms with E-state index in [1.54, 1.807) is 29.6 Å². The Bertz CT molecular complexity index is 1860. The van der Waals surface area contributed by atoms with Crippen LogP contribution in [0.4, 0.5) is 10.8 Å². The number of anilines is 2. The molecule has 1 saturated carbocycles. The summed E-state index contributed by atoms with van der Waals surface area (Å²) in [6, 6.07) is 18.3. The average molecular weight is 602 g/mol. The molecule has 1 aliphatic carbocycles. The first-order valence-corrected chi connectivity index (χ1v) is 15.8. The lowest BCUT2D eigenvalue weighted by molar-refractivity contribution is 0.0696. The number of amides is 1. The van der Waals surface area contributed by atoms with Crippen LogP contribution in [0.25, 0.3) is 22.4 Å². The standard InChI is InChI=1S/C30H27N5O5S2/c36-28(32-22-11-13-24(14-12-22)42(39,40)34-30-31-16-17-41-30)20-8-6-19(7-9-20)27-33-25-18-21(29(37)38)10-15-26(25)35(27)23-4-2-1-3-5-23/h6-18,23H,1-5H2,(H,31,34)(H,32,36)(H,37,38). The highest BCUT2D eigenvalue weighted by Crippen LogP contribution is 2.36. The van der Waals surface area contributed by atoms with Gasteiger partial charge in [-0.15, -0.1) is 11.3 Å². The number of carboxylic acids is 1. The molecule has 3 N–H and O–H groups in total. The van der Waals surface area contributed by atoms with Crippen molar-refractivity contribution in [2.45, 2.75) is 43.0 Å². The summed E-state index contributed by atoms with van der Waals surface area (Å²) < 4.78 is 29.8. The highest BCUT2D eigenvalue weighted by molar-refractivity contribution is 7.93. The molecule has 0 spiro atoms. The maximum absolute atomic E-state index is 13.0. The Hall–Kier alpha value is -4.55. The van der Waals surface area contributed by atoms with Crippen molar-refractivity contribution in [2.75, 3.05) is 10.0 Å². The van der Waals surface area contributed by atoms with E-state index >= 15 is 0 Å². The molecule has 0 saturated heterocycles. The van der Waals surface area contributed by atoms with Crippen molar-refractivity contribution in [1.29, 1.82) is 0 Å². The molecule has 10 nitrogen and oxygen atoms in total. The van der Waals surface area contributed by atoms with E-state index in [2.05, 4.69) is 19.6 Å². The Balaban J connectivity index is 1.22. The summed E-state index contributed by atoms with van der Waals surface area (Å²) in [6.45, 7) is 0. The number of carbonyl (C=O) groups excluding carboxylic acids is 1. The number of hydrogen-bond donors (Lipinski definition) is 3. The zero-order chi connectivity index (χ0) is 29.3. The van der Waals surface area contributed by atoms with Crippen LogP contribution in [0.5, 0.6) is 0 Å². The first-order chi connectivity index (χ1) is 20.3. The highest BCUT2D eigenvalue weighted by atomic mass is 32.2. The van der Waals surface area contributed by atoms with Gasteiger partial charge in [-0.2, -0.15) is 0 Å². The van der Waals surface area contributed by atoms with Gasteiger partial charge in [-0.25, -0.2) is 23.2 Å². The predicted molar refractivity (Wildman–Crippen MR) is 162 cm³/mol. The molecule has 0 unspecified atom stereocenters. The molecule has 12 heteroatoms. The summed E-state index contributed by atoms with van der Waals surface area (Å²) in [5.41, 5.74) is 3.42. The van der Waals surface area contributed by atoms with Crippen molar-refractivity contribution < 1.29 is 23.1 Å². The molecule has 42 heavy (non-hydrogen) atoms. The normalized spacial score (nSPS) is 14.1. The number of imidazole rings is 1. The lowest BCUT2D eigenvalue weighted by atomic mass is 9.94. The number of nitrogens with one attached hydrogen (secondary N) is 2. The second-order valence-corrected chi connectivity index (χ2v) is 12.7. The SMILES string of the molecule is O=C(O)c1ccc2c(c1)nc(-c1ccc(C(=O)Nc3ccc(S(=O)(=O)Nc4nccs4)cc3)cc1)n2C1CCCCC1. The molecular weight excluding hydrogens is 574 g/mol. The second kappa shape index (κ2) is 11.4. The van der Waals surface area contributed by atoms with Crippen LogP contribution in [0.1, 0.15) is 58.9 Å². The first kappa shape index (κ1) is 27.6. The van der Waals surface area contributed by atoms with Gasteiger partial charge in [0, 0.05) is 34.4 Å². The van der Waals surface area contributed by atoms with Gasteiger partial charge < -0.3 is 15.0 Å². The Morgan fingerprint density at radius 3 is 2.31 bits per heavy atom. The van der Waals surface area contributed by atoms with Gasteiger partial charge in [0.15, 0.2) is 5.13 Å². The monoisotopic (exact) mass is 601 g/mol. The van der Waals surface area contributed by atoms with Crippen molar-refractivity contribution >= 4 is 55.1 Å². The largest absolute Gasteiger partial charge is 0.478 e. The molecule has 5 aromatic rings. The Labute approximate surface area is 246 Å². The molecule has 2 heterocycles. The summed E-state index contributed by atoms with van der Waals surface area (Å²) in [7, 11) is -3.79. The summed E-state index contributed by atoms with van der Waals surface area (Å²) in [5, 5.41) is 14.2.